The Morgan fingerprint density at radius 3 is 1.41 bits per heavy atom. The van der Waals surface area contributed by atoms with Gasteiger partial charge in [0, 0.05) is 70.9 Å². The highest BCUT2D eigenvalue weighted by Gasteiger charge is 2.11. The van der Waals surface area contributed by atoms with E-state index in [9.17, 15) is 20.2 Å². The number of benzene rings is 2. The Balaban J connectivity index is 0.00000420. The van der Waals surface area contributed by atoms with Crippen molar-refractivity contribution >= 4 is 57.0 Å². The minimum Gasteiger partial charge on any atom is -0.384 e. The van der Waals surface area contributed by atoms with Gasteiger partial charge in [0.15, 0.2) is 0 Å². The minimum absolute atomic E-state index is 0. The average molecular weight is 553 g/mol. The van der Waals surface area contributed by atoms with E-state index in [0.29, 0.717) is 11.0 Å². The zero-order chi connectivity index (χ0) is 27.1. The van der Waals surface area contributed by atoms with Gasteiger partial charge < -0.3 is 10.6 Å². The number of pyridine rings is 2. The molecule has 4 aromatic rings. The number of nitro groups is 2. The molecule has 2 aromatic carbocycles. The van der Waals surface area contributed by atoms with E-state index in [1.165, 1.54) is 24.3 Å². The number of rotatable bonds is 13. The van der Waals surface area contributed by atoms with Gasteiger partial charge in [-0.15, -0.1) is 12.4 Å². The lowest BCUT2D eigenvalue weighted by Crippen LogP contribution is -2.04. The first-order valence-corrected chi connectivity index (χ1v) is 12.9. The number of halogens is 1. The van der Waals surface area contributed by atoms with Crippen molar-refractivity contribution in [2.24, 2.45) is 0 Å². The lowest BCUT2D eigenvalue weighted by Gasteiger charge is -2.11. The second-order valence-corrected chi connectivity index (χ2v) is 9.51. The molecule has 4 rings (SSSR count). The molecule has 10 nitrogen and oxygen atoms in total. The van der Waals surface area contributed by atoms with Crippen molar-refractivity contribution in [3.63, 3.8) is 0 Å². The highest BCUT2D eigenvalue weighted by atomic mass is 35.5. The first-order chi connectivity index (χ1) is 18.3. The van der Waals surface area contributed by atoms with Crippen molar-refractivity contribution in [3.05, 3.63) is 80.1 Å². The number of aromatic nitrogens is 2. The Labute approximate surface area is 232 Å². The van der Waals surface area contributed by atoms with Gasteiger partial charge in [0.2, 0.25) is 0 Å². The summed E-state index contributed by atoms with van der Waals surface area (Å²) in [4.78, 5) is 30.2. The number of hydrogen-bond donors (Lipinski definition) is 2. The molecule has 206 valence electrons. The van der Waals surface area contributed by atoms with Crippen LogP contribution in [-0.2, 0) is 0 Å². The summed E-state index contributed by atoms with van der Waals surface area (Å²) in [5, 5.41) is 30.9. The van der Waals surface area contributed by atoms with Gasteiger partial charge in [-0.3, -0.25) is 30.2 Å². The van der Waals surface area contributed by atoms with Crippen molar-refractivity contribution in [2.75, 3.05) is 23.7 Å². The zero-order valence-corrected chi connectivity index (χ0v) is 22.9. The monoisotopic (exact) mass is 552 g/mol. The maximum Gasteiger partial charge on any atom is 0.271 e. The van der Waals surface area contributed by atoms with Crippen LogP contribution < -0.4 is 10.6 Å². The maximum absolute atomic E-state index is 11.1. The summed E-state index contributed by atoms with van der Waals surface area (Å²) < 4.78 is 0. The summed E-state index contributed by atoms with van der Waals surface area (Å²) in [5.41, 5.74) is 4.93. The van der Waals surface area contributed by atoms with Crippen molar-refractivity contribution in [1.29, 1.82) is 0 Å². The van der Waals surface area contributed by atoms with Crippen LogP contribution in [0.4, 0.5) is 22.7 Å². The smallest absolute Gasteiger partial charge is 0.271 e. The average Bonchev–Trinajstić information content (AvgIpc) is 2.88. The lowest BCUT2D eigenvalue weighted by molar-refractivity contribution is -0.384. The summed E-state index contributed by atoms with van der Waals surface area (Å²) >= 11 is 0. The Hall–Kier alpha value is -4.05. The molecule has 0 saturated carbocycles. The van der Waals surface area contributed by atoms with Gasteiger partial charge in [0.25, 0.3) is 11.4 Å². The van der Waals surface area contributed by atoms with Crippen LogP contribution in [0.25, 0.3) is 21.8 Å². The Morgan fingerprint density at radius 1 is 0.641 bits per heavy atom. The maximum atomic E-state index is 11.1. The van der Waals surface area contributed by atoms with Crippen LogP contribution >= 0.6 is 12.4 Å². The molecule has 0 unspecified atom stereocenters. The minimum atomic E-state index is -0.398. The number of unbranched alkanes of at least 4 members (excludes halogenated alkanes) is 5. The molecule has 0 radical (unpaired) electrons. The van der Waals surface area contributed by atoms with E-state index in [0.717, 1.165) is 85.1 Å². The fourth-order valence-electron chi connectivity index (χ4n) is 4.62. The van der Waals surface area contributed by atoms with Gasteiger partial charge in [-0.1, -0.05) is 25.7 Å². The molecule has 2 aromatic heterocycles. The Kier molecular flexibility index (Phi) is 10.3. The summed E-state index contributed by atoms with van der Waals surface area (Å²) in [5.74, 6) is 0. The molecule has 0 bridgehead atoms. The Bertz CT molecular complexity index is 1370. The fraction of sp³-hybridized carbons (Fsp3) is 0.357. The van der Waals surface area contributed by atoms with E-state index in [2.05, 4.69) is 20.6 Å². The normalized spacial score (nSPS) is 10.8. The largest absolute Gasteiger partial charge is 0.384 e. The van der Waals surface area contributed by atoms with Gasteiger partial charge in [-0.05, 0) is 51.0 Å². The number of anilines is 2. The van der Waals surface area contributed by atoms with Crippen LogP contribution in [-0.4, -0.2) is 32.9 Å². The summed E-state index contributed by atoms with van der Waals surface area (Å²) in [6.07, 6.45) is 6.66. The van der Waals surface area contributed by atoms with E-state index < -0.39 is 9.85 Å². The molecule has 2 N–H and O–H groups in total. The first kappa shape index (κ1) is 29.5. The standard InChI is InChI=1S/C28H32N6O4.ClH/c1-19-15-25(23-11-9-21(33(35)36)17-27(23)31-19)29-13-7-5-3-4-6-8-14-30-26-16-20(2)32-28-18-22(34(37)38)10-12-24(26)28;/h9-12,15-18H,3-8,13-14H2,1-2H3,(H,29,31)(H,30,32);1H. The number of nitrogens with zero attached hydrogens (tertiary/aromatic N) is 4. The van der Waals surface area contributed by atoms with Gasteiger partial charge in [-0.25, -0.2) is 0 Å². The number of hydrogen-bond acceptors (Lipinski definition) is 8. The molecule has 0 amide bonds. The van der Waals surface area contributed by atoms with Crippen LogP contribution in [0.2, 0.25) is 0 Å². The van der Waals surface area contributed by atoms with Crippen molar-refractivity contribution in [1.82, 2.24) is 9.97 Å². The highest BCUT2D eigenvalue weighted by molar-refractivity contribution is 5.93. The molecule has 0 aliphatic rings. The van der Waals surface area contributed by atoms with E-state index in [1.807, 2.05) is 26.0 Å². The first-order valence-electron chi connectivity index (χ1n) is 12.9. The third kappa shape index (κ3) is 7.73. The van der Waals surface area contributed by atoms with Crippen LogP contribution in [0.3, 0.4) is 0 Å². The Morgan fingerprint density at radius 2 is 1.03 bits per heavy atom. The van der Waals surface area contributed by atoms with Crippen LogP contribution in [0, 0.1) is 34.1 Å². The molecule has 0 aliphatic heterocycles. The SMILES string of the molecule is Cc1cc(NCCCCCCCCNc2cc(C)nc3cc([N+](=O)[O-])ccc23)c2ccc([N+](=O)[O-])cc2n1.Cl. The molecule has 0 spiro atoms. The fourth-order valence-corrected chi connectivity index (χ4v) is 4.62. The predicted molar refractivity (Wildman–Crippen MR) is 158 cm³/mol. The number of non-ortho nitro benzene ring substituents is 2. The van der Waals surface area contributed by atoms with Gasteiger partial charge in [0.05, 0.1) is 20.9 Å². The zero-order valence-electron chi connectivity index (χ0n) is 22.1. The third-order valence-electron chi connectivity index (χ3n) is 6.50. The van der Waals surface area contributed by atoms with Gasteiger partial charge in [0.1, 0.15) is 0 Å². The third-order valence-corrected chi connectivity index (χ3v) is 6.50. The molecule has 11 heteroatoms. The summed E-state index contributed by atoms with van der Waals surface area (Å²) in [6, 6.07) is 13.6. The van der Waals surface area contributed by atoms with Gasteiger partial charge in [-0.2, -0.15) is 0 Å². The molecule has 0 saturated heterocycles. The van der Waals surface area contributed by atoms with Gasteiger partial charge >= 0.3 is 0 Å². The number of nitro benzene ring substituents is 2. The van der Waals surface area contributed by atoms with Crippen LogP contribution in [0.1, 0.15) is 49.9 Å². The number of nitrogens with one attached hydrogen (secondary N) is 2. The second-order valence-electron chi connectivity index (χ2n) is 9.51. The van der Waals surface area contributed by atoms with Crippen molar-refractivity contribution in [2.45, 2.75) is 52.4 Å². The van der Waals surface area contributed by atoms with E-state index in [1.54, 1.807) is 12.1 Å². The molecule has 0 atom stereocenters. The molecular weight excluding hydrogens is 520 g/mol. The van der Waals surface area contributed by atoms with Crippen LogP contribution in [0.15, 0.2) is 48.5 Å². The van der Waals surface area contributed by atoms with E-state index >= 15 is 0 Å². The number of fused-ring (bicyclic) bond motifs is 2. The molecule has 0 fully saturated rings. The van der Waals surface area contributed by atoms with E-state index in [-0.39, 0.29) is 23.8 Å². The number of aryl methyl sites for hydroxylation is 2. The van der Waals surface area contributed by atoms with Crippen molar-refractivity contribution < 1.29 is 9.85 Å². The van der Waals surface area contributed by atoms with Crippen molar-refractivity contribution in [3.8, 4) is 0 Å². The topological polar surface area (TPSA) is 136 Å². The van der Waals surface area contributed by atoms with Crippen LogP contribution in [0.5, 0.6) is 0 Å². The molecular formula is C28H33ClN6O4. The predicted octanol–water partition coefficient (Wildman–Crippen LogP) is 7.50. The molecule has 39 heavy (non-hydrogen) atoms. The quantitative estimate of drug-likeness (QED) is 0.0987. The summed E-state index contributed by atoms with van der Waals surface area (Å²) in [6.45, 7) is 5.46. The lowest BCUT2D eigenvalue weighted by atomic mass is 10.1. The highest BCUT2D eigenvalue weighted by Crippen LogP contribution is 2.28. The molecule has 2 heterocycles. The second kappa shape index (κ2) is 13.7. The van der Waals surface area contributed by atoms with E-state index in [4.69, 9.17) is 0 Å². The summed E-state index contributed by atoms with van der Waals surface area (Å²) in [7, 11) is 0. The molecule has 0 aliphatic carbocycles.